The lowest BCUT2D eigenvalue weighted by Crippen LogP contribution is -2.20. The molecule has 0 heterocycles. The van der Waals surface area contributed by atoms with Crippen molar-refractivity contribution in [1.82, 2.24) is 5.43 Å². The fourth-order valence-electron chi connectivity index (χ4n) is 2.54. The van der Waals surface area contributed by atoms with Crippen LogP contribution < -0.4 is 10.7 Å². The molecule has 6 nitrogen and oxygen atoms in total. The lowest BCUT2D eigenvalue weighted by Gasteiger charge is -2.07. The summed E-state index contributed by atoms with van der Waals surface area (Å²) in [6, 6.07) is 10.9. The minimum atomic E-state index is -0.381. The molecule has 0 saturated heterocycles. The molecule has 2 aromatic carbocycles. The molecule has 146 valence electrons. The molecular weight excluding hydrogens is 354 g/mol. The zero-order chi connectivity index (χ0) is 20.5. The van der Waals surface area contributed by atoms with E-state index in [2.05, 4.69) is 22.4 Å². The summed E-state index contributed by atoms with van der Waals surface area (Å²) in [6.45, 7) is 7.62. The highest BCUT2D eigenvalue weighted by Crippen LogP contribution is 2.21. The van der Waals surface area contributed by atoms with Crippen LogP contribution in [0.25, 0.3) is 0 Å². The molecule has 0 aromatic heterocycles. The average Bonchev–Trinajstić information content (AvgIpc) is 2.66. The molecule has 0 aliphatic carbocycles. The van der Waals surface area contributed by atoms with Gasteiger partial charge in [-0.15, -0.1) is 6.58 Å². The van der Waals surface area contributed by atoms with Gasteiger partial charge in [-0.25, -0.2) is 5.43 Å². The maximum Gasteiger partial charge on any atom is 0.240 e. The Labute approximate surface area is 165 Å². The van der Waals surface area contributed by atoms with Crippen LogP contribution in [0.3, 0.4) is 0 Å². The van der Waals surface area contributed by atoms with Crippen LogP contribution in [0.4, 0.5) is 5.69 Å². The Morgan fingerprint density at radius 3 is 2.57 bits per heavy atom. The van der Waals surface area contributed by atoms with Crippen LogP contribution in [0, 0.1) is 13.8 Å². The van der Waals surface area contributed by atoms with Gasteiger partial charge in [0.25, 0.3) is 0 Å². The number of allylic oxidation sites excluding steroid dienone is 1. The van der Waals surface area contributed by atoms with E-state index >= 15 is 0 Å². The summed E-state index contributed by atoms with van der Waals surface area (Å²) in [6.07, 6.45) is 3.66. The molecule has 0 unspecified atom stereocenters. The standard InChI is InChI=1S/C22H25N3O3/c1-4-6-17-7-5-8-18(22(17)28)14-23-25-21(27)12-11-20(26)24-19-10-9-15(2)16(3)13-19/h4-5,7-10,13-14,28H,1,6,11-12H2,2-3H3,(H,24,26)(H,25,27)/b23-14+. The molecular formula is C22H25N3O3. The number of anilines is 1. The number of benzene rings is 2. The Morgan fingerprint density at radius 2 is 1.86 bits per heavy atom. The lowest BCUT2D eigenvalue weighted by atomic mass is 10.1. The molecule has 0 fully saturated rings. The molecule has 0 saturated carbocycles. The van der Waals surface area contributed by atoms with Gasteiger partial charge in [-0.2, -0.15) is 5.10 Å². The van der Waals surface area contributed by atoms with Crippen molar-refractivity contribution in [2.75, 3.05) is 5.32 Å². The van der Waals surface area contributed by atoms with Gasteiger partial charge in [-0.1, -0.05) is 24.3 Å². The number of rotatable bonds is 8. The lowest BCUT2D eigenvalue weighted by molar-refractivity contribution is -0.124. The molecule has 2 rings (SSSR count). The predicted octanol–water partition coefficient (Wildman–Crippen LogP) is 3.61. The summed E-state index contributed by atoms with van der Waals surface area (Å²) in [4.78, 5) is 23.8. The minimum absolute atomic E-state index is 0.0104. The van der Waals surface area contributed by atoms with Gasteiger partial charge in [-0.3, -0.25) is 9.59 Å². The van der Waals surface area contributed by atoms with Gasteiger partial charge in [0.15, 0.2) is 0 Å². The van der Waals surface area contributed by atoms with Gasteiger partial charge in [-0.05, 0) is 55.2 Å². The SMILES string of the molecule is C=CCc1cccc(/C=N/NC(=O)CCC(=O)Nc2ccc(C)c(C)c2)c1O. The van der Waals surface area contributed by atoms with E-state index < -0.39 is 0 Å². The Morgan fingerprint density at radius 1 is 1.11 bits per heavy atom. The van der Waals surface area contributed by atoms with Gasteiger partial charge in [0.2, 0.25) is 11.8 Å². The first-order valence-corrected chi connectivity index (χ1v) is 9.01. The second-order valence-corrected chi connectivity index (χ2v) is 6.49. The maximum atomic E-state index is 12.0. The van der Waals surface area contributed by atoms with Gasteiger partial charge in [0, 0.05) is 24.1 Å². The number of hydrazone groups is 1. The third-order valence-electron chi connectivity index (χ3n) is 4.28. The van der Waals surface area contributed by atoms with Crippen molar-refractivity contribution in [2.45, 2.75) is 33.1 Å². The number of phenolic OH excluding ortho intramolecular Hbond substituents is 1. The number of phenols is 1. The first-order chi connectivity index (χ1) is 13.4. The quantitative estimate of drug-likeness (QED) is 0.372. The second kappa shape index (κ2) is 10.1. The Balaban J connectivity index is 1.81. The van der Waals surface area contributed by atoms with E-state index in [0.717, 1.165) is 16.7 Å². The third-order valence-corrected chi connectivity index (χ3v) is 4.28. The first kappa shape index (κ1) is 20.9. The van der Waals surface area contributed by atoms with Crippen LogP contribution in [-0.2, 0) is 16.0 Å². The van der Waals surface area contributed by atoms with Crippen LogP contribution in [-0.4, -0.2) is 23.1 Å². The topological polar surface area (TPSA) is 90.8 Å². The van der Waals surface area contributed by atoms with E-state index in [1.54, 1.807) is 24.3 Å². The number of aryl methyl sites for hydroxylation is 2. The highest BCUT2D eigenvalue weighted by Gasteiger charge is 2.08. The number of carbonyl (C=O) groups excluding carboxylic acids is 2. The van der Waals surface area contributed by atoms with Crippen molar-refractivity contribution in [2.24, 2.45) is 5.10 Å². The molecule has 0 atom stereocenters. The van der Waals surface area contributed by atoms with Crippen molar-refractivity contribution in [3.05, 3.63) is 71.3 Å². The highest BCUT2D eigenvalue weighted by molar-refractivity contribution is 5.93. The van der Waals surface area contributed by atoms with Gasteiger partial charge < -0.3 is 10.4 Å². The van der Waals surface area contributed by atoms with Gasteiger partial charge in [0.1, 0.15) is 5.75 Å². The summed E-state index contributed by atoms with van der Waals surface area (Å²) in [5, 5.41) is 16.8. The van der Waals surface area contributed by atoms with E-state index in [9.17, 15) is 14.7 Å². The third kappa shape index (κ3) is 6.09. The van der Waals surface area contributed by atoms with E-state index in [1.165, 1.54) is 6.21 Å². The number of nitrogens with one attached hydrogen (secondary N) is 2. The van der Waals surface area contributed by atoms with Gasteiger partial charge in [0.05, 0.1) is 6.21 Å². The van der Waals surface area contributed by atoms with Crippen molar-refractivity contribution < 1.29 is 14.7 Å². The van der Waals surface area contributed by atoms with E-state index in [4.69, 9.17) is 0 Å². The molecule has 2 aromatic rings. The second-order valence-electron chi connectivity index (χ2n) is 6.49. The summed E-state index contributed by atoms with van der Waals surface area (Å²) in [5.74, 6) is -0.515. The molecule has 2 amide bonds. The van der Waals surface area contributed by atoms with Crippen LogP contribution in [0.1, 0.15) is 35.1 Å². The van der Waals surface area contributed by atoms with Gasteiger partial charge >= 0.3 is 0 Å². The molecule has 3 N–H and O–H groups in total. The molecule has 6 heteroatoms. The zero-order valence-electron chi connectivity index (χ0n) is 16.2. The molecule has 0 bridgehead atoms. The average molecular weight is 379 g/mol. The van der Waals surface area contributed by atoms with E-state index in [-0.39, 0.29) is 30.4 Å². The number of carbonyl (C=O) groups is 2. The fourth-order valence-corrected chi connectivity index (χ4v) is 2.54. The van der Waals surface area contributed by atoms with Crippen LogP contribution in [0.15, 0.2) is 54.2 Å². The molecule has 0 aliphatic rings. The largest absolute Gasteiger partial charge is 0.507 e. The number of aromatic hydroxyl groups is 1. The Hall–Kier alpha value is -3.41. The molecule has 0 aliphatic heterocycles. The Kier molecular flexibility index (Phi) is 7.51. The van der Waals surface area contributed by atoms with Crippen LogP contribution in [0.2, 0.25) is 0 Å². The monoisotopic (exact) mass is 379 g/mol. The summed E-state index contributed by atoms with van der Waals surface area (Å²) in [5.41, 5.74) is 6.53. The molecule has 28 heavy (non-hydrogen) atoms. The Bertz CT molecular complexity index is 904. The van der Waals surface area contributed by atoms with E-state index in [1.807, 2.05) is 32.0 Å². The summed E-state index contributed by atoms with van der Waals surface area (Å²) in [7, 11) is 0. The first-order valence-electron chi connectivity index (χ1n) is 9.01. The maximum absolute atomic E-state index is 12.0. The van der Waals surface area contributed by atoms with Crippen LogP contribution in [0.5, 0.6) is 5.75 Å². The van der Waals surface area contributed by atoms with Crippen LogP contribution >= 0.6 is 0 Å². The summed E-state index contributed by atoms with van der Waals surface area (Å²) < 4.78 is 0. The highest BCUT2D eigenvalue weighted by atomic mass is 16.3. The van der Waals surface area contributed by atoms with Crippen molar-refractivity contribution in [1.29, 1.82) is 0 Å². The van der Waals surface area contributed by atoms with Crippen molar-refractivity contribution >= 4 is 23.7 Å². The number of hydrogen-bond acceptors (Lipinski definition) is 4. The number of hydrogen-bond donors (Lipinski definition) is 3. The number of amides is 2. The minimum Gasteiger partial charge on any atom is -0.507 e. The van der Waals surface area contributed by atoms with Crippen molar-refractivity contribution in [3.8, 4) is 5.75 Å². The molecule has 0 spiro atoms. The van der Waals surface area contributed by atoms with Crippen molar-refractivity contribution in [3.63, 3.8) is 0 Å². The summed E-state index contributed by atoms with van der Waals surface area (Å²) >= 11 is 0. The predicted molar refractivity (Wildman–Crippen MR) is 112 cm³/mol. The molecule has 0 radical (unpaired) electrons. The number of nitrogens with zero attached hydrogens (tertiary/aromatic N) is 1. The zero-order valence-corrected chi connectivity index (χ0v) is 16.2. The number of para-hydroxylation sites is 1. The smallest absolute Gasteiger partial charge is 0.240 e. The van der Waals surface area contributed by atoms with E-state index in [0.29, 0.717) is 17.7 Å². The fraction of sp³-hybridized carbons (Fsp3) is 0.227. The normalized spacial score (nSPS) is 10.6.